The highest BCUT2D eigenvalue weighted by atomic mass is 32.1. The number of anilines is 1. The van der Waals surface area contributed by atoms with Crippen LogP contribution < -0.4 is 5.32 Å². The zero-order valence-electron chi connectivity index (χ0n) is 17.8. The number of fused-ring (bicyclic) bond motifs is 1. The molecule has 1 saturated heterocycles. The lowest BCUT2D eigenvalue weighted by Gasteiger charge is -2.31. The van der Waals surface area contributed by atoms with Crippen LogP contribution >= 0.6 is 11.3 Å². The van der Waals surface area contributed by atoms with Crippen molar-refractivity contribution in [2.24, 2.45) is 5.92 Å². The summed E-state index contributed by atoms with van der Waals surface area (Å²) in [5, 5.41) is 6.60. The number of hydrogen-bond donors (Lipinski definition) is 1. The molecule has 4 aromatic rings. The van der Waals surface area contributed by atoms with E-state index in [1.165, 1.54) is 4.88 Å². The second-order valence-corrected chi connectivity index (χ2v) is 9.15. The summed E-state index contributed by atoms with van der Waals surface area (Å²) in [7, 11) is 0. The fourth-order valence-corrected chi connectivity index (χ4v) is 4.92. The molecule has 0 aliphatic carbocycles. The Kier molecular flexibility index (Phi) is 6.18. The van der Waals surface area contributed by atoms with Crippen LogP contribution in [0.1, 0.15) is 33.9 Å². The molecule has 1 aliphatic rings. The molecule has 0 amide bonds. The summed E-state index contributed by atoms with van der Waals surface area (Å²) in [5.74, 6) is 1.82. The van der Waals surface area contributed by atoms with Crippen LogP contribution in [-0.2, 0) is 13.1 Å². The maximum atomic E-state index is 12.9. The highest BCUT2D eigenvalue weighted by Gasteiger charge is 2.27. The van der Waals surface area contributed by atoms with Gasteiger partial charge < -0.3 is 5.32 Å². The SMILES string of the molecule is O=C(c1cccnc1)C1CCCN(Cc2nc(NCc3cccs3)c3ccccc3n2)C1. The lowest BCUT2D eigenvalue weighted by atomic mass is 9.90. The number of nitrogens with one attached hydrogen (secondary N) is 1. The number of benzene rings is 1. The molecule has 7 heteroatoms. The van der Waals surface area contributed by atoms with E-state index >= 15 is 0 Å². The number of carbonyl (C=O) groups excluding carboxylic acids is 1. The molecular formula is C25H25N5OS. The van der Waals surface area contributed by atoms with Crippen molar-refractivity contribution in [2.75, 3.05) is 18.4 Å². The lowest BCUT2D eigenvalue weighted by Crippen LogP contribution is -2.38. The van der Waals surface area contributed by atoms with Gasteiger partial charge in [-0.1, -0.05) is 18.2 Å². The van der Waals surface area contributed by atoms with Gasteiger partial charge in [0.1, 0.15) is 11.6 Å². The molecule has 3 aromatic heterocycles. The number of hydrogen-bond acceptors (Lipinski definition) is 7. The molecule has 1 N–H and O–H groups in total. The maximum Gasteiger partial charge on any atom is 0.168 e. The van der Waals surface area contributed by atoms with E-state index in [0.717, 1.165) is 55.0 Å². The monoisotopic (exact) mass is 443 g/mol. The number of para-hydroxylation sites is 1. The zero-order valence-corrected chi connectivity index (χ0v) is 18.6. The van der Waals surface area contributed by atoms with Gasteiger partial charge in [-0.05, 0) is 55.1 Å². The van der Waals surface area contributed by atoms with Crippen molar-refractivity contribution in [3.63, 3.8) is 0 Å². The molecule has 0 radical (unpaired) electrons. The Bertz CT molecular complexity index is 1200. The summed E-state index contributed by atoms with van der Waals surface area (Å²) in [4.78, 5) is 30.3. The van der Waals surface area contributed by atoms with Gasteiger partial charge in [-0.15, -0.1) is 11.3 Å². The number of nitrogens with zero attached hydrogens (tertiary/aromatic N) is 4. The predicted molar refractivity (Wildman–Crippen MR) is 128 cm³/mol. The molecule has 1 aliphatic heterocycles. The minimum Gasteiger partial charge on any atom is -0.365 e. The van der Waals surface area contributed by atoms with Crippen LogP contribution in [-0.4, -0.2) is 38.7 Å². The second-order valence-electron chi connectivity index (χ2n) is 8.12. The van der Waals surface area contributed by atoms with Gasteiger partial charge in [0.25, 0.3) is 0 Å². The third kappa shape index (κ3) is 4.69. The van der Waals surface area contributed by atoms with Crippen LogP contribution in [0.15, 0.2) is 66.3 Å². The van der Waals surface area contributed by atoms with E-state index < -0.39 is 0 Å². The fourth-order valence-electron chi connectivity index (χ4n) is 4.27. The Labute approximate surface area is 191 Å². The zero-order chi connectivity index (χ0) is 21.8. The topological polar surface area (TPSA) is 71.0 Å². The first-order chi connectivity index (χ1) is 15.8. The van der Waals surface area contributed by atoms with Gasteiger partial charge in [-0.2, -0.15) is 0 Å². The Balaban J connectivity index is 1.33. The van der Waals surface area contributed by atoms with E-state index in [2.05, 4.69) is 38.8 Å². The average molecular weight is 444 g/mol. The van der Waals surface area contributed by atoms with Gasteiger partial charge in [0, 0.05) is 40.7 Å². The fraction of sp³-hybridized carbons (Fsp3) is 0.280. The minimum absolute atomic E-state index is 0.00942. The number of likely N-dealkylation sites (tertiary alicyclic amines) is 1. The molecule has 4 heterocycles. The summed E-state index contributed by atoms with van der Waals surface area (Å²) in [6, 6.07) is 16.0. The molecular weight excluding hydrogens is 418 g/mol. The first-order valence-corrected chi connectivity index (χ1v) is 11.8. The Morgan fingerprint density at radius 1 is 1.12 bits per heavy atom. The van der Waals surface area contributed by atoms with Crippen LogP contribution in [0.5, 0.6) is 0 Å². The third-order valence-corrected chi connectivity index (χ3v) is 6.72. The molecule has 32 heavy (non-hydrogen) atoms. The summed E-state index contributed by atoms with van der Waals surface area (Å²) >= 11 is 1.73. The molecule has 0 spiro atoms. The first-order valence-electron chi connectivity index (χ1n) is 10.9. The standard InChI is InChI=1S/C25H25N5OS/c31-24(18-6-3-11-26-14-18)19-7-4-12-30(16-19)17-23-28-22-10-2-1-9-21(22)25(29-23)27-15-20-8-5-13-32-20/h1-3,5-6,8-11,13-14,19H,4,7,12,15-17H2,(H,27,28,29). The first kappa shape index (κ1) is 20.7. The van der Waals surface area contributed by atoms with Crippen LogP contribution in [0, 0.1) is 5.92 Å². The molecule has 6 nitrogen and oxygen atoms in total. The smallest absolute Gasteiger partial charge is 0.168 e. The van der Waals surface area contributed by atoms with Crippen LogP contribution in [0.4, 0.5) is 5.82 Å². The van der Waals surface area contributed by atoms with Gasteiger partial charge >= 0.3 is 0 Å². The molecule has 0 bridgehead atoms. The second kappa shape index (κ2) is 9.54. The Morgan fingerprint density at radius 2 is 2.06 bits per heavy atom. The number of aromatic nitrogens is 3. The van der Waals surface area contributed by atoms with Gasteiger partial charge in [0.2, 0.25) is 0 Å². The van der Waals surface area contributed by atoms with Gasteiger partial charge in [0.15, 0.2) is 5.78 Å². The number of rotatable bonds is 7. The number of ketones is 1. The highest BCUT2D eigenvalue weighted by Crippen LogP contribution is 2.25. The highest BCUT2D eigenvalue weighted by molar-refractivity contribution is 7.09. The molecule has 0 saturated carbocycles. The minimum atomic E-state index is -0.00942. The summed E-state index contributed by atoms with van der Waals surface area (Å²) < 4.78 is 0. The molecule has 5 rings (SSSR count). The maximum absolute atomic E-state index is 12.9. The number of piperidine rings is 1. The molecule has 1 aromatic carbocycles. The van der Waals surface area contributed by atoms with Crippen molar-refractivity contribution < 1.29 is 4.79 Å². The van der Waals surface area contributed by atoms with Crippen LogP contribution in [0.3, 0.4) is 0 Å². The van der Waals surface area contributed by atoms with Crippen molar-refractivity contribution in [2.45, 2.75) is 25.9 Å². The average Bonchev–Trinajstić information content (AvgIpc) is 3.36. The molecule has 1 fully saturated rings. The molecule has 1 unspecified atom stereocenters. The van der Waals surface area contributed by atoms with Crippen molar-refractivity contribution >= 4 is 33.8 Å². The van der Waals surface area contributed by atoms with E-state index in [9.17, 15) is 4.79 Å². The van der Waals surface area contributed by atoms with Gasteiger partial charge in [0.05, 0.1) is 18.6 Å². The predicted octanol–water partition coefficient (Wildman–Crippen LogP) is 4.79. The normalized spacial score (nSPS) is 16.8. The van der Waals surface area contributed by atoms with E-state index in [4.69, 9.17) is 9.97 Å². The summed E-state index contributed by atoms with van der Waals surface area (Å²) in [6.07, 6.45) is 5.27. The van der Waals surface area contributed by atoms with E-state index in [0.29, 0.717) is 12.1 Å². The lowest BCUT2D eigenvalue weighted by molar-refractivity contribution is 0.0808. The Hall–Kier alpha value is -3.16. The number of pyridine rings is 1. The van der Waals surface area contributed by atoms with Gasteiger partial charge in [-0.25, -0.2) is 9.97 Å². The number of Topliss-reactive ketones (excluding diaryl/α,β-unsaturated/α-hetero) is 1. The van der Waals surface area contributed by atoms with Crippen LogP contribution in [0.25, 0.3) is 10.9 Å². The molecule has 1 atom stereocenters. The quantitative estimate of drug-likeness (QED) is 0.414. The summed E-state index contributed by atoms with van der Waals surface area (Å²) in [6.45, 7) is 3.05. The number of thiophene rings is 1. The van der Waals surface area contributed by atoms with Crippen molar-refractivity contribution in [3.05, 3.63) is 82.6 Å². The van der Waals surface area contributed by atoms with Crippen molar-refractivity contribution in [1.82, 2.24) is 19.9 Å². The largest absolute Gasteiger partial charge is 0.365 e. The number of carbonyl (C=O) groups is 1. The molecule has 162 valence electrons. The Morgan fingerprint density at radius 3 is 2.91 bits per heavy atom. The van der Waals surface area contributed by atoms with E-state index in [1.54, 1.807) is 23.7 Å². The van der Waals surface area contributed by atoms with E-state index in [1.807, 2.05) is 30.3 Å². The van der Waals surface area contributed by atoms with Crippen molar-refractivity contribution in [1.29, 1.82) is 0 Å². The van der Waals surface area contributed by atoms with Crippen molar-refractivity contribution in [3.8, 4) is 0 Å². The van der Waals surface area contributed by atoms with E-state index in [-0.39, 0.29) is 11.7 Å². The summed E-state index contributed by atoms with van der Waals surface area (Å²) in [5.41, 5.74) is 1.63. The third-order valence-electron chi connectivity index (χ3n) is 5.85. The van der Waals surface area contributed by atoms with Crippen LogP contribution in [0.2, 0.25) is 0 Å². The van der Waals surface area contributed by atoms with Gasteiger partial charge in [-0.3, -0.25) is 14.7 Å².